The van der Waals surface area contributed by atoms with Gasteiger partial charge in [-0.05, 0) is 53.9 Å². The summed E-state index contributed by atoms with van der Waals surface area (Å²) in [5.74, 6) is 1.64. The Kier molecular flexibility index (Phi) is 4.84. The molecule has 5 nitrogen and oxygen atoms in total. The summed E-state index contributed by atoms with van der Waals surface area (Å²) in [6.07, 6.45) is 0. The first kappa shape index (κ1) is 23.7. The Morgan fingerprint density at radius 3 is 2.12 bits per heavy atom. The van der Waals surface area contributed by atoms with Gasteiger partial charge < -0.3 is 0 Å². The second kappa shape index (κ2) is 8.77. The Bertz CT molecular complexity index is 2710. The molecule has 0 amide bonds. The maximum Gasteiger partial charge on any atom is 0.187 e. The molecule has 0 radical (unpaired) electrons. The minimum absolute atomic E-state index is 0.637. The normalized spacial score (nSPS) is 11.7. The van der Waals surface area contributed by atoms with Gasteiger partial charge in [-0.15, -0.1) is 11.3 Å². The zero-order chi connectivity index (χ0) is 28.7. The molecule has 9 rings (SSSR count). The van der Waals surface area contributed by atoms with Gasteiger partial charge in [0.05, 0.1) is 45.0 Å². The van der Waals surface area contributed by atoms with Gasteiger partial charge in [-0.25, -0.2) is 9.83 Å². The lowest BCUT2D eigenvalue weighted by atomic mass is 10.1. The summed E-state index contributed by atoms with van der Waals surface area (Å²) in [7, 11) is 0. The largest absolute Gasteiger partial charge is 0.294 e. The van der Waals surface area contributed by atoms with Crippen molar-refractivity contribution in [1.82, 2.24) is 14.1 Å². The van der Waals surface area contributed by atoms with Crippen molar-refractivity contribution < 1.29 is 0 Å². The van der Waals surface area contributed by atoms with Crippen LogP contribution in [0.5, 0.6) is 0 Å². The van der Waals surface area contributed by atoms with E-state index in [1.807, 2.05) is 48.5 Å². The van der Waals surface area contributed by atoms with E-state index >= 15 is 0 Å². The van der Waals surface area contributed by atoms with E-state index in [0.717, 1.165) is 59.9 Å². The van der Waals surface area contributed by atoms with E-state index in [0.29, 0.717) is 11.3 Å². The number of hydrogen-bond acceptors (Lipinski definition) is 3. The molecular formula is C37H19N5S. The molecular weight excluding hydrogens is 547 g/mol. The van der Waals surface area contributed by atoms with Crippen LogP contribution in [0.4, 0.5) is 5.69 Å². The topological polar surface area (TPSA) is 50.9 Å². The van der Waals surface area contributed by atoms with E-state index in [1.54, 1.807) is 11.3 Å². The predicted octanol–water partition coefficient (Wildman–Crippen LogP) is 10.1. The smallest absolute Gasteiger partial charge is 0.187 e. The molecule has 4 aromatic heterocycles. The summed E-state index contributed by atoms with van der Waals surface area (Å²) < 4.78 is 6.81. The molecule has 0 aliphatic carbocycles. The molecule has 43 heavy (non-hydrogen) atoms. The molecule has 0 saturated heterocycles. The van der Waals surface area contributed by atoms with E-state index < -0.39 is 0 Å². The average molecular weight is 566 g/mol. The highest BCUT2D eigenvalue weighted by molar-refractivity contribution is 7.26. The number of pyridine rings is 1. The highest BCUT2D eigenvalue weighted by atomic mass is 32.1. The summed E-state index contributed by atoms with van der Waals surface area (Å²) in [5.41, 5.74) is 5.55. The van der Waals surface area contributed by atoms with Crippen LogP contribution in [-0.4, -0.2) is 14.1 Å². The Morgan fingerprint density at radius 1 is 0.628 bits per heavy atom. The van der Waals surface area contributed by atoms with Crippen LogP contribution in [0.2, 0.25) is 0 Å². The molecule has 0 saturated carbocycles. The minimum Gasteiger partial charge on any atom is -0.294 e. The molecule has 0 spiro atoms. The third kappa shape index (κ3) is 3.27. The van der Waals surface area contributed by atoms with Gasteiger partial charge in [0.1, 0.15) is 11.6 Å². The van der Waals surface area contributed by atoms with Crippen LogP contribution < -0.4 is 0 Å². The molecule has 6 heteroatoms. The number of hydrogen-bond donors (Lipinski definition) is 0. The van der Waals surface area contributed by atoms with E-state index in [2.05, 4.69) is 86.8 Å². The van der Waals surface area contributed by atoms with Crippen molar-refractivity contribution in [2.45, 2.75) is 0 Å². The molecule has 5 aromatic carbocycles. The second-order valence-electron chi connectivity index (χ2n) is 10.6. The highest BCUT2D eigenvalue weighted by Crippen LogP contribution is 2.43. The third-order valence-electron chi connectivity index (χ3n) is 8.36. The number of fused-ring (bicyclic) bond motifs is 10. The number of nitrogens with zero attached hydrogens (tertiary/aromatic N) is 5. The van der Waals surface area contributed by atoms with Gasteiger partial charge in [-0.2, -0.15) is 5.26 Å². The molecule has 0 N–H and O–H groups in total. The zero-order valence-electron chi connectivity index (χ0n) is 22.6. The fraction of sp³-hybridized carbons (Fsp3) is 0. The van der Waals surface area contributed by atoms with Crippen LogP contribution in [0, 0.1) is 17.9 Å². The molecule has 0 bridgehead atoms. The number of para-hydroxylation sites is 2. The molecule has 198 valence electrons. The van der Waals surface area contributed by atoms with Gasteiger partial charge in [0.2, 0.25) is 0 Å². The first-order valence-corrected chi connectivity index (χ1v) is 14.7. The van der Waals surface area contributed by atoms with Crippen molar-refractivity contribution in [2.24, 2.45) is 0 Å². The number of benzene rings is 5. The van der Waals surface area contributed by atoms with Crippen LogP contribution in [0.15, 0.2) is 115 Å². The van der Waals surface area contributed by atoms with Crippen LogP contribution >= 0.6 is 11.3 Å². The van der Waals surface area contributed by atoms with Gasteiger partial charge in [0.25, 0.3) is 0 Å². The summed E-state index contributed by atoms with van der Waals surface area (Å²) in [6, 6.07) is 41.4. The van der Waals surface area contributed by atoms with Crippen molar-refractivity contribution in [3.63, 3.8) is 0 Å². The van der Waals surface area contributed by atoms with E-state index in [-0.39, 0.29) is 0 Å². The zero-order valence-corrected chi connectivity index (χ0v) is 23.4. The molecule has 0 fully saturated rings. The summed E-state index contributed by atoms with van der Waals surface area (Å²) >= 11 is 1.76. The SMILES string of the molecule is [C-]#[N+]c1ccc2sc3c(ccc4c5ccccc5n(-c5cccc(-n6c7ccccc7c7cc(C#N)ccc76)n5)c43)c2c1. The van der Waals surface area contributed by atoms with E-state index in [9.17, 15) is 5.26 Å². The number of nitriles is 1. The Balaban J connectivity index is 1.37. The molecule has 0 atom stereocenters. The van der Waals surface area contributed by atoms with Gasteiger partial charge in [0, 0.05) is 31.6 Å². The molecule has 0 aliphatic rings. The Labute approximate surface area is 249 Å². The van der Waals surface area contributed by atoms with Crippen LogP contribution in [0.1, 0.15) is 5.56 Å². The molecule has 0 unspecified atom stereocenters. The van der Waals surface area contributed by atoms with Gasteiger partial charge >= 0.3 is 0 Å². The number of aromatic nitrogens is 3. The highest BCUT2D eigenvalue weighted by Gasteiger charge is 2.20. The molecule has 0 aliphatic heterocycles. The lowest BCUT2D eigenvalue weighted by Crippen LogP contribution is -2.03. The number of rotatable bonds is 2. The summed E-state index contributed by atoms with van der Waals surface area (Å²) in [6.45, 7) is 7.53. The van der Waals surface area contributed by atoms with E-state index in [4.69, 9.17) is 11.6 Å². The van der Waals surface area contributed by atoms with Crippen LogP contribution in [-0.2, 0) is 0 Å². The lowest BCUT2D eigenvalue weighted by Gasteiger charge is -2.12. The van der Waals surface area contributed by atoms with E-state index in [1.165, 1.54) is 15.5 Å². The van der Waals surface area contributed by atoms with Crippen molar-refractivity contribution in [1.29, 1.82) is 5.26 Å². The fourth-order valence-electron chi connectivity index (χ4n) is 6.53. The van der Waals surface area contributed by atoms with Crippen molar-refractivity contribution in [3.05, 3.63) is 132 Å². The Morgan fingerprint density at radius 2 is 1.33 bits per heavy atom. The maximum absolute atomic E-state index is 9.57. The first-order chi connectivity index (χ1) is 21.2. The van der Waals surface area contributed by atoms with Gasteiger partial charge in [-0.1, -0.05) is 66.7 Å². The molecule has 4 heterocycles. The van der Waals surface area contributed by atoms with Crippen molar-refractivity contribution in [2.75, 3.05) is 0 Å². The standard InChI is InChI=1S/C37H19N5S/c1-39-23-14-18-33-29(20-23)27-16-15-26-24-7-2-5-10-31(24)42(36(26)37(27)43-33)35-12-6-11-34(40-35)41-30-9-4-3-8-25(30)28-19-22(21-38)13-17-32(28)41/h2-20H. The van der Waals surface area contributed by atoms with Crippen molar-refractivity contribution in [3.8, 4) is 17.7 Å². The second-order valence-corrected chi connectivity index (χ2v) is 11.7. The number of thiophene rings is 1. The van der Waals surface area contributed by atoms with Crippen LogP contribution in [0.25, 0.3) is 80.3 Å². The summed E-state index contributed by atoms with van der Waals surface area (Å²) in [5, 5.41) is 16.3. The average Bonchev–Trinajstić information content (AvgIpc) is 3.71. The monoisotopic (exact) mass is 565 g/mol. The van der Waals surface area contributed by atoms with Crippen LogP contribution in [0.3, 0.4) is 0 Å². The predicted molar refractivity (Wildman–Crippen MR) is 177 cm³/mol. The third-order valence-corrected chi connectivity index (χ3v) is 9.56. The maximum atomic E-state index is 9.57. The lowest BCUT2D eigenvalue weighted by molar-refractivity contribution is 1.02. The van der Waals surface area contributed by atoms with Gasteiger partial charge in [0.15, 0.2) is 5.69 Å². The Hall–Kier alpha value is -5.95. The summed E-state index contributed by atoms with van der Waals surface area (Å²) in [4.78, 5) is 8.99. The minimum atomic E-state index is 0.637. The fourth-order valence-corrected chi connectivity index (χ4v) is 7.75. The van der Waals surface area contributed by atoms with Gasteiger partial charge in [-0.3, -0.25) is 9.13 Å². The quantitative estimate of drug-likeness (QED) is 0.196. The molecule has 9 aromatic rings. The first-order valence-electron chi connectivity index (χ1n) is 13.9. The van der Waals surface area contributed by atoms with Crippen molar-refractivity contribution >= 4 is 80.8 Å².